The Kier molecular flexibility index (Phi) is 5.30. The molecular weight excluding hydrogens is 360 g/mol. The summed E-state index contributed by atoms with van der Waals surface area (Å²) in [6.07, 6.45) is 2.13. The molecule has 0 saturated carbocycles. The first-order valence-electron chi connectivity index (χ1n) is 7.95. The highest BCUT2D eigenvalue weighted by atomic mass is 19.1. The Morgan fingerprint density at radius 3 is 2.81 bits per heavy atom. The lowest BCUT2D eigenvalue weighted by Gasteiger charge is -2.13. The molecule has 2 heterocycles. The summed E-state index contributed by atoms with van der Waals surface area (Å²) in [5.41, 5.74) is -0.219. The molecule has 9 heteroatoms. The van der Waals surface area contributed by atoms with Gasteiger partial charge in [0.2, 0.25) is 5.76 Å². The smallest absolute Gasteiger partial charge is 0.375 e. The summed E-state index contributed by atoms with van der Waals surface area (Å²) >= 11 is 0. The molecule has 0 saturated heterocycles. The van der Waals surface area contributed by atoms with E-state index < -0.39 is 29.6 Å². The van der Waals surface area contributed by atoms with Gasteiger partial charge >= 0.3 is 5.97 Å². The van der Waals surface area contributed by atoms with Crippen molar-refractivity contribution < 1.29 is 27.5 Å². The quantitative estimate of drug-likeness (QED) is 0.670. The van der Waals surface area contributed by atoms with E-state index in [1.165, 1.54) is 13.0 Å². The van der Waals surface area contributed by atoms with Crippen LogP contribution in [0.4, 0.5) is 14.5 Å². The fourth-order valence-corrected chi connectivity index (χ4v) is 2.22. The number of carbonyl (C=O) groups excluding carboxylic acids is 2. The molecule has 3 aromatic rings. The maximum Gasteiger partial charge on any atom is 0.375 e. The summed E-state index contributed by atoms with van der Waals surface area (Å²) < 4.78 is 38.5. The number of benzene rings is 1. The van der Waals surface area contributed by atoms with Gasteiger partial charge in [-0.3, -0.25) is 9.48 Å². The van der Waals surface area contributed by atoms with E-state index in [1.807, 2.05) is 0 Å². The number of aromatic nitrogens is 2. The van der Waals surface area contributed by atoms with E-state index in [4.69, 9.17) is 9.15 Å². The normalized spacial score (nSPS) is 11.8. The minimum atomic E-state index is -1.22. The zero-order valence-electron chi connectivity index (χ0n) is 14.2. The molecule has 0 aliphatic heterocycles. The third kappa shape index (κ3) is 4.57. The molecule has 0 aliphatic carbocycles. The summed E-state index contributed by atoms with van der Waals surface area (Å²) in [6, 6.07) is 7.48. The van der Waals surface area contributed by atoms with Gasteiger partial charge in [0.05, 0.1) is 12.2 Å². The van der Waals surface area contributed by atoms with Crippen molar-refractivity contribution >= 4 is 17.6 Å². The van der Waals surface area contributed by atoms with Crippen LogP contribution in [0.15, 0.2) is 53.2 Å². The van der Waals surface area contributed by atoms with Crippen LogP contribution in [0.3, 0.4) is 0 Å². The Bertz CT molecular complexity index is 953. The second-order valence-electron chi connectivity index (χ2n) is 5.63. The van der Waals surface area contributed by atoms with Gasteiger partial charge in [-0.05, 0) is 37.3 Å². The lowest BCUT2D eigenvalue weighted by molar-refractivity contribution is -0.123. The molecule has 0 bridgehead atoms. The number of amides is 1. The number of rotatable bonds is 6. The van der Waals surface area contributed by atoms with Crippen molar-refractivity contribution in [3.05, 3.63) is 71.9 Å². The van der Waals surface area contributed by atoms with Crippen LogP contribution in [0.2, 0.25) is 0 Å². The molecule has 1 aromatic carbocycles. The van der Waals surface area contributed by atoms with Crippen molar-refractivity contribution in [3.63, 3.8) is 0 Å². The maximum atomic E-state index is 13.6. The van der Waals surface area contributed by atoms with Crippen molar-refractivity contribution in [2.45, 2.75) is 19.6 Å². The number of hydrogen-bond acceptors (Lipinski definition) is 5. The molecule has 7 nitrogen and oxygen atoms in total. The van der Waals surface area contributed by atoms with Crippen molar-refractivity contribution in [1.82, 2.24) is 9.78 Å². The Labute approximate surface area is 152 Å². The van der Waals surface area contributed by atoms with Gasteiger partial charge < -0.3 is 14.5 Å². The van der Waals surface area contributed by atoms with E-state index in [9.17, 15) is 18.4 Å². The number of hydrogen-bond donors (Lipinski definition) is 1. The number of nitrogens with zero attached hydrogens (tertiary/aromatic N) is 2. The van der Waals surface area contributed by atoms with Crippen molar-refractivity contribution in [1.29, 1.82) is 0 Å². The molecule has 0 aliphatic rings. The molecule has 0 fully saturated rings. The summed E-state index contributed by atoms with van der Waals surface area (Å²) in [7, 11) is 0. The summed E-state index contributed by atoms with van der Waals surface area (Å²) in [5.74, 6) is -2.91. The van der Waals surface area contributed by atoms with Crippen LogP contribution in [0.1, 0.15) is 23.2 Å². The zero-order valence-corrected chi connectivity index (χ0v) is 14.2. The maximum absolute atomic E-state index is 13.6. The number of esters is 1. The first-order valence-corrected chi connectivity index (χ1v) is 7.95. The molecule has 1 amide bonds. The predicted octanol–water partition coefficient (Wildman–Crippen LogP) is 2.99. The third-order valence-corrected chi connectivity index (χ3v) is 3.58. The number of halogens is 2. The van der Waals surface area contributed by atoms with E-state index in [-0.39, 0.29) is 11.4 Å². The average molecular weight is 375 g/mol. The van der Waals surface area contributed by atoms with Crippen LogP contribution in [0.5, 0.6) is 0 Å². The Hall–Kier alpha value is -3.49. The molecule has 1 atom stereocenters. The van der Waals surface area contributed by atoms with Crippen LogP contribution >= 0.6 is 0 Å². The Morgan fingerprint density at radius 1 is 1.30 bits per heavy atom. The molecule has 0 unspecified atom stereocenters. The van der Waals surface area contributed by atoms with Gasteiger partial charge in [0.15, 0.2) is 6.10 Å². The predicted molar refractivity (Wildman–Crippen MR) is 89.9 cm³/mol. The highest BCUT2D eigenvalue weighted by molar-refractivity contribution is 5.96. The molecule has 3 rings (SSSR count). The van der Waals surface area contributed by atoms with E-state index in [1.54, 1.807) is 29.2 Å². The Morgan fingerprint density at radius 2 is 2.11 bits per heavy atom. The molecule has 27 heavy (non-hydrogen) atoms. The minimum Gasteiger partial charge on any atom is -0.452 e. The number of nitrogens with one attached hydrogen (secondary N) is 1. The fourth-order valence-electron chi connectivity index (χ4n) is 2.22. The number of ether oxygens (including phenoxy) is 1. The highest BCUT2D eigenvalue weighted by Crippen LogP contribution is 2.16. The molecule has 2 aromatic heterocycles. The number of furan rings is 1. The first kappa shape index (κ1) is 18.3. The van der Waals surface area contributed by atoms with Crippen LogP contribution in [-0.4, -0.2) is 27.8 Å². The van der Waals surface area contributed by atoms with Gasteiger partial charge in [0.25, 0.3) is 5.91 Å². The van der Waals surface area contributed by atoms with Gasteiger partial charge in [-0.2, -0.15) is 5.10 Å². The van der Waals surface area contributed by atoms with Gasteiger partial charge in [-0.15, -0.1) is 0 Å². The highest BCUT2D eigenvalue weighted by Gasteiger charge is 2.22. The monoisotopic (exact) mass is 375 g/mol. The molecule has 140 valence electrons. The number of anilines is 1. The van der Waals surface area contributed by atoms with Crippen molar-refractivity contribution in [3.8, 4) is 0 Å². The van der Waals surface area contributed by atoms with Gasteiger partial charge in [0, 0.05) is 18.5 Å². The second kappa shape index (κ2) is 7.81. The molecule has 0 spiro atoms. The Balaban J connectivity index is 1.58. The van der Waals surface area contributed by atoms with Crippen molar-refractivity contribution in [2.75, 3.05) is 5.32 Å². The lowest BCUT2D eigenvalue weighted by Crippen LogP contribution is -2.30. The first-order chi connectivity index (χ1) is 12.9. The number of carbonyl (C=O) groups is 2. The van der Waals surface area contributed by atoms with Gasteiger partial charge in [0.1, 0.15) is 17.4 Å². The lowest BCUT2D eigenvalue weighted by atomic mass is 10.2. The van der Waals surface area contributed by atoms with Crippen LogP contribution in [-0.2, 0) is 16.1 Å². The van der Waals surface area contributed by atoms with Crippen LogP contribution in [0.25, 0.3) is 0 Å². The molecule has 1 N–H and O–H groups in total. The van der Waals surface area contributed by atoms with E-state index in [0.717, 1.165) is 12.1 Å². The minimum absolute atomic E-state index is 0.0789. The molecule has 0 radical (unpaired) electrons. The molecular formula is C18H15F2N3O4. The van der Waals surface area contributed by atoms with E-state index in [0.29, 0.717) is 18.4 Å². The largest absolute Gasteiger partial charge is 0.452 e. The SMILES string of the molecule is C[C@@H](OC(=O)c1ccc(Cn2cccn2)o1)C(=O)Nc1ccc(F)cc1F. The zero-order chi connectivity index (χ0) is 19.4. The van der Waals surface area contributed by atoms with Crippen LogP contribution in [0, 0.1) is 11.6 Å². The summed E-state index contributed by atoms with van der Waals surface area (Å²) in [4.78, 5) is 24.1. The fraction of sp³-hybridized carbons (Fsp3) is 0.167. The second-order valence-corrected chi connectivity index (χ2v) is 5.63. The summed E-state index contributed by atoms with van der Waals surface area (Å²) in [6.45, 7) is 1.66. The van der Waals surface area contributed by atoms with E-state index in [2.05, 4.69) is 10.4 Å². The van der Waals surface area contributed by atoms with E-state index >= 15 is 0 Å². The average Bonchev–Trinajstić information content (AvgIpc) is 3.29. The third-order valence-electron chi connectivity index (χ3n) is 3.58. The van der Waals surface area contributed by atoms with Crippen molar-refractivity contribution in [2.24, 2.45) is 0 Å². The standard InChI is InChI=1S/C18H15F2N3O4/c1-11(17(24)22-15-5-3-12(19)9-14(15)20)26-18(25)16-6-4-13(27-16)10-23-8-2-7-21-23/h2-9,11H,10H2,1H3,(H,22,24)/t11-/m1/s1. The van der Waals surface area contributed by atoms with Gasteiger partial charge in [-0.1, -0.05) is 0 Å². The van der Waals surface area contributed by atoms with Gasteiger partial charge in [-0.25, -0.2) is 13.6 Å². The summed E-state index contributed by atoms with van der Waals surface area (Å²) in [5, 5.41) is 6.25. The topological polar surface area (TPSA) is 86.4 Å². The van der Waals surface area contributed by atoms with Crippen LogP contribution < -0.4 is 5.32 Å².